The molecule has 19 heavy (non-hydrogen) atoms. The molecule has 1 aromatic rings. The third-order valence-corrected chi connectivity index (χ3v) is 4.64. The molecule has 2 aliphatic rings. The number of carbonyl (C=O) groups is 1. The Kier molecular flexibility index (Phi) is 3.26. The number of aromatic amines is 1. The van der Waals surface area contributed by atoms with Gasteiger partial charge in [-0.2, -0.15) is 15.4 Å². The van der Waals surface area contributed by atoms with E-state index in [4.69, 9.17) is 4.74 Å². The summed E-state index contributed by atoms with van der Waals surface area (Å²) in [5.74, 6) is -0.139. The second-order valence-corrected chi connectivity index (χ2v) is 5.50. The van der Waals surface area contributed by atoms with Crippen molar-refractivity contribution in [1.82, 2.24) is 20.7 Å². The maximum Gasteiger partial charge on any atom is 0.273 e. The van der Waals surface area contributed by atoms with E-state index in [1.165, 1.54) is 19.0 Å². The highest BCUT2D eigenvalue weighted by molar-refractivity contribution is 5.92. The van der Waals surface area contributed by atoms with Gasteiger partial charge in [0, 0.05) is 18.1 Å². The summed E-state index contributed by atoms with van der Waals surface area (Å²) in [4.78, 5) is 12.0. The lowest BCUT2D eigenvalue weighted by Gasteiger charge is -2.53. The van der Waals surface area contributed by atoms with Crippen LogP contribution >= 0.6 is 0 Å². The average molecular weight is 264 g/mol. The monoisotopic (exact) mass is 264 g/mol. The molecule has 2 fully saturated rings. The Hall–Kier alpha value is -1.43. The summed E-state index contributed by atoms with van der Waals surface area (Å²) in [6.07, 6.45) is 7.46. The Balaban J connectivity index is 1.67. The fourth-order valence-corrected chi connectivity index (χ4v) is 3.63. The van der Waals surface area contributed by atoms with Crippen molar-refractivity contribution in [3.05, 3.63) is 11.9 Å². The molecule has 0 aliphatic heterocycles. The first-order chi connectivity index (χ1) is 9.26. The third-order valence-electron chi connectivity index (χ3n) is 4.64. The topological polar surface area (TPSA) is 79.9 Å². The number of hydrogen-bond donors (Lipinski definition) is 2. The van der Waals surface area contributed by atoms with Crippen molar-refractivity contribution >= 4 is 5.91 Å². The van der Waals surface area contributed by atoms with Gasteiger partial charge in [-0.1, -0.05) is 12.8 Å². The molecule has 1 heterocycles. The summed E-state index contributed by atoms with van der Waals surface area (Å²) in [6.45, 7) is 2.78. The Labute approximate surface area is 112 Å². The fourth-order valence-electron chi connectivity index (χ4n) is 3.63. The number of ether oxygens (including phenoxy) is 1. The standard InChI is InChI=1S/C13H20N4O2/c1-2-19-11-7-10(13(11)5-3-4-6-13)15-12(18)9-8-14-17-16-9/h8,10-11H,2-7H2,1H3,(H,15,18)(H,14,16,17)/t10-,11+/m0/s1. The van der Waals surface area contributed by atoms with Gasteiger partial charge in [0.1, 0.15) is 0 Å². The van der Waals surface area contributed by atoms with Gasteiger partial charge in [-0.05, 0) is 26.2 Å². The first-order valence-electron chi connectivity index (χ1n) is 7.04. The minimum Gasteiger partial charge on any atom is -0.378 e. The lowest BCUT2D eigenvalue weighted by molar-refractivity contribution is -0.127. The van der Waals surface area contributed by atoms with Crippen LogP contribution < -0.4 is 5.32 Å². The maximum atomic E-state index is 12.0. The minimum atomic E-state index is -0.139. The molecule has 0 radical (unpaired) electrons. The highest BCUT2D eigenvalue weighted by atomic mass is 16.5. The summed E-state index contributed by atoms with van der Waals surface area (Å²) < 4.78 is 5.83. The van der Waals surface area contributed by atoms with Gasteiger partial charge < -0.3 is 10.1 Å². The van der Waals surface area contributed by atoms with Crippen molar-refractivity contribution in [2.45, 2.75) is 51.2 Å². The highest BCUT2D eigenvalue weighted by Crippen LogP contribution is 2.54. The predicted octanol–water partition coefficient (Wildman–Crippen LogP) is 1.27. The molecule has 6 heteroatoms. The zero-order chi connectivity index (χ0) is 13.3. The summed E-state index contributed by atoms with van der Waals surface area (Å²) in [7, 11) is 0. The molecular weight excluding hydrogens is 244 g/mol. The van der Waals surface area contributed by atoms with Gasteiger partial charge in [0.25, 0.3) is 5.91 Å². The third kappa shape index (κ3) is 2.04. The fraction of sp³-hybridized carbons (Fsp3) is 0.769. The van der Waals surface area contributed by atoms with Crippen LogP contribution in [0.25, 0.3) is 0 Å². The number of nitrogens with zero attached hydrogens (tertiary/aromatic N) is 2. The molecule has 2 aliphatic carbocycles. The predicted molar refractivity (Wildman–Crippen MR) is 68.6 cm³/mol. The molecule has 2 saturated carbocycles. The zero-order valence-corrected chi connectivity index (χ0v) is 11.2. The van der Waals surface area contributed by atoms with E-state index in [0.717, 1.165) is 25.9 Å². The van der Waals surface area contributed by atoms with Crippen molar-refractivity contribution in [3.8, 4) is 0 Å². The summed E-state index contributed by atoms with van der Waals surface area (Å²) in [5, 5.41) is 13.0. The second kappa shape index (κ2) is 4.92. The van der Waals surface area contributed by atoms with Crippen LogP contribution in [0.2, 0.25) is 0 Å². The van der Waals surface area contributed by atoms with E-state index in [-0.39, 0.29) is 17.4 Å². The lowest BCUT2D eigenvalue weighted by atomic mass is 9.60. The van der Waals surface area contributed by atoms with E-state index in [9.17, 15) is 4.79 Å². The van der Waals surface area contributed by atoms with Crippen molar-refractivity contribution in [2.75, 3.05) is 6.61 Å². The molecule has 1 spiro atoms. The van der Waals surface area contributed by atoms with Crippen LogP contribution in [-0.2, 0) is 4.74 Å². The Morgan fingerprint density at radius 1 is 1.58 bits per heavy atom. The van der Waals surface area contributed by atoms with Gasteiger partial charge in [0.15, 0.2) is 5.69 Å². The summed E-state index contributed by atoms with van der Waals surface area (Å²) in [5.41, 5.74) is 0.517. The highest BCUT2D eigenvalue weighted by Gasteiger charge is 2.57. The van der Waals surface area contributed by atoms with Gasteiger partial charge in [-0.15, -0.1) is 0 Å². The Bertz CT molecular complexity index is 440. The first kappa shape index (κ1) is 12.6. The lowest BCUT2D eigenvalue weighted by Crippen LogP contribution is -2.63. The molecule has 104 valence electrons. The molecule has 0 saturated heterocycles. The summed E-state index contributed by atoms with van der Waals surface area (Å²) in [6, 6.07) is 0.218. The van der Waals surface area contributed by atoms with E-state index >= 15 is 0 Å². The largest absolute Gasteiger partial charge is 0.378 e. The number of carbonyl (C=O) groups excluding carboxylic acids is 1. The SMILES string of the molecule is CCO[C@@H]1C[C@H](NC(=O)c2cn[nH]n2)C12CCCC2. The van der Waals surface area contributed by atoms with Crippen LogP contribution in [-0.4, -0.2) is 40.1 Å². The molecule has 0 bridgehead atoms. The number of H-pyrrole nitrogens is 1. The number of hydrogen-bond acceptors (Lipinski definition) is 4. The van der Waals surface area contributed by atoms with Crippen molar-refractivity contribution in [3.63, 3.8) is 0 Å². The Morgan fingerprint density at radius 2 is 2.37 bits per heavy atom. The maximum absolute atomic E-state index is 12.0. The normalized spacial score (nSPS) is 28.3. The number of nitrogens with one attached hydrogen (secondary N) is 2. The van der Waals surface area contributed by atoms with Crippen LogP contribution in [0.5, 0.6) is 0 Å². The van der Waals surface area contributed by atoms with Gasteiger partial charge in [-0.25, -0.2) is 0 Å². The summed E-state index contributed by atoms with van der Waals surface area (Å²) >= 11 is 0. The van der Waals surface area contributed by atoms with Crippen molar-refractivity contribution in [1.29, 1.82) is 0 Å². The van der Waals surface area contributed by atoms with E-state index in [2.05, 4.69) is 20.7 Å². The number of aromatic nitrogens is 3. The van der Waals surface area contributed by atoms with E-state index in [1.54, 1.807) is 0 Å². The molecule has 6 nitrogen and oxygen atoms in total. The Morgan fingerprint density at radius 3 is 3.00 bits per heavy atom. The quantitative estimate of drug-likeness (QED) is 0.858. The molecule has 2 N–H and O–H groups in total. The van der Waals surface area contributed by atoms with Crippen molar-refractivity contribution in [2.24, 2.45) is 5.41 Å². The van der Waals surface area contributed by atoms with E-state index in [1.807, 2.05) is 6.92 Å². The molecule has 2 atom stereocenters. The van der Waals surface area contributed by atoms with Gasteiger partial charge in [0.05, 0.1) is 12.3 Å². The number of amides is 1. The van der Waals surface area contributed by atoms with Crippen LogP contribution in [0.15, 0.2) is 6.20 Å². The van der Waals surface area contributed by atoms with Crippen LogP contribution in [0.3, 0.4) is 0 Å². The molecule has 3 rings (SSSR count). The van der Waals surface area contributed by atoms with Gasteiger partial charge >= 0.3 is 0 Å². The van der Waals surface area contributed by atoms with E-state index in [0.29, 0.717) is 11.8 Å². The van der Waals surface area contributed by atoms with Gasteiger partial charge in [-0.3, -0.25) is 4.79 Å². The van der Waals surface area contributed by atoms with E-state index < -0.39 is 0 Å². The minimum absolute atomic E-state index is 0.139. The van der Waals surface area contributed by atoms with Crippen LogP contribution in [0.1, 0.15) is 49.5 Å². The van der Waals surface area contributed by atoms with Crippen molar-refractivity contribution < 1.29 is 9.53 Å². The molecule has 0 aromatic carbocycles. The molecule has 1 amide bonds. The molecule has 1 aromatic heterocycles. The average Bonchev–Trinajstić information content (AvgIpc) is 3.09. The first-order valence-corrected chi connectivity index (χ1v) is 7.04. The zero-order valence-electron chi connectivity index (χ0n) is 11.2. The van der Waals surface area contributed by atoms with Crippen LogP contribution in [0, 0.1) is 5.41 Å². The second-order valence-electron chi connectivity index (χ2n) is 5.50. The molecular formula is C13H20N4O2. The van der Waals surface area contributed by atoms with Gasteiger partial charge in [0.2, 0.25) is 0 Å². The number of rotatable bonds is 4. The smallest absolute Gasteiger partial charge is 0.273 e. The molecule has 0 unspecified atom stereocenters. The van der Waals surface area contributed by atoms with Crippen LogP contribution in [0.4, 0.5) is 0 Å².